The highest BCUT2D eigenvalue weighted by Gasteiger charge is 2.08. The van der Waals surface area contributed by atoms with Crippen LogP contribution in [0.15, 0.2) is 6.20 Å². The minimum absolute atomic E-state index is 0.170. The zero-order chi connectivity index (χ0) is 14.0. The van der Waals surface area contributed by atoms with Crippen molar-refractivity contribution in [2.24, 2.45) is 7.05 Å². The number of aryl methyl sites for hydroxylation is 2. The predicted molar refractivity (Wildman–Crippen MR) is 74.4 cm³/mol. The Morgan fingerprint density at radius 1 is 1.32 bits per heavy atom. The molecule has 2 rings (SSSR count). The lowest BCUT2D eigenvalue weighted by Gasteiger charge is -2.11. The van der Waals surface area contributed by atoms with Crippen LogP contribution >= 0.6 is 11.6 Å². The highest BCUT2D eigenvalue weighted by molar-refractivity contribution is 6.28. The Bertz CT molecular complexity index is 578. The number of halogens is 1. The summed E-state index contributed by atoms with van der Waals surface area (Å²) in [4.78, 5) is 14.1. The van der Waals surface area contributed by atoms with Crippen LogP contribution in [0, 0.1) is 6.92 Å². The second kappa shape index (κ2) is 5.40. The summed E-state index contributed by atoms with van der Waals surface area (Å²) in [6.45, 7) is 2.55. The smallest absolute Gasteiger partial charge is 0.230 e. The van der Waals surface area contributed by atoms with E-state index in [9.17, 15) is 0 Å². The molecule has 2 heterocycles. The number of rotatable bonds is 4. The summed E-state index contributed by atoms with van der Waals surface area (Å²) < 4.78 is 1.78. The number of aromatic nitrogens is 5. The van der Waals surface area contributed by atoms with Crippen LogP contribution in [0.25, 0.3) is 0 Å². The molecule has 0 saturated heterocycles. The first kappa shape index (κ1) is 13.5. The van der Waals surface area contributed by atoms with Crippen LogP contribution in [0.5, 0.6) is 0 Å². The van der Waals surface area contributed by atoms with Gasteiger partial charge in [0.1, 0.15) is 0 Å². The number of nitrogens with zero attached hydrogens (tertiary/aromatic N) is 6. The van der Waals surface area contributed by atoms with Crippen molar-refractivity contribution in [1.29, 1.82) is 0 Å². The van der Waals surface area contributed by atoms with Gasteiger partial charge < -0.3 is 10.2 Å². The fraction of sp³-hybridized carbons (Fsp3) is 0.455. The van der Waals surface area contributed by atoms with E-state index in [1.54, 1.807) is 9.58 Å². The van der Waals surface area contributed by atoms with Crippen LogP contribution in [-0.2, 0) is 13.6 Å². The lowest BCUT2D eigenvalue weighted by atomic mass is 10.3. The molecule has 0 fully saturated rings. The number of hydrogen-bond acceptors (Lipinski definition) is 6. The summed E-state index contributed by atoms with van der Waals surface area (Å²) in [5, 5.41) is 7.57. The van der Waals surface area contributed by atoms with Crippen molar-refractivity contribution in [3.8, 4) is 0 Å². The van der Waals surface area contributed by atoms with E-state index >= 15 is 0 Å². The molecule has 0 amide bonds. The third kappa shape index (κ3) is 3.31. The number of anilines is 2. The van der Waals surface area contributed by atoms with Crippen LogP contribution in [0.2, 0.25) is 5.28 Å². The van der Waals surface area contributed by atoms with Crippen LogP contribution in [0.4, 0.5) is 11.9 Å². The van der Waals surface area contributed by atoms with E-state index < -0.39 is 0 Å². The number of hydrogen-bond donors (Lipinski definition) is 1. The van der Waals surface area contributed by atoms with Crippen molar-refractivity contribution in [3.05, 3.63) is 22.7 Å². The molecule has 0 aliphatic rings. The third-order valence-electron chi connectivity index (χ3n) is 2.55. The minimum Gasteiger partial charge on any atom is -0.350 e. The SMILES string of the molecule is Cc1nn(C)cc1CNc1nc(Cl)nc(N(C)C)n1. The summed E-state index contributed by atoms with van der Waals surface area (Å²) in [6, 6.07) is 0. The van der Waals surface area contributed by atoms with Gasteiger partial charge in [-0.15, -0.1) is 0 Å². The molecule has 2 aromatic rings. The second-order valence-corrected chi connectivity index (χ2v) is 4.73. The second-order valence-electron chi connectivity index (χ2n) is 4.39. The van der Waals surface area contributed by atoms with E-state index in [0.29, 0.717) is 18.4 Å². The topological polar surface area (TPSA) is 71.8 Å². The Hall–Kier alpha value is -1.89. The van der Waals surface area contributed by atoms with Crippen molar-refractivity contribution in [2.75, 3.05) is 24.3 Å². The van der Waals surface area contributed by atoms with Crippen molar-refractivity contribution >= 4 is 23.5 Å². The fourth-order valence-corrected chi connectivity index (χ4v) is 1.77. The fourth-order valence-electron chi connectivity index (χ4n) is 1.62. The summed E-state index contributed by atoms with van der Waals surface area (Å²) in [6.07, 6.45) is 1.96. The van der Waals surface area contributed by atoms with Gasteiger partial charge in [0, 0.05) is 39.4 Å². The van der Waals surface area contributed by atoms with Gasteiger partial charge in [-0.25, -0.2) is 0 Å². The van der Waals surface area contributed by atoms with Crippen LogP contribution in [0.1, 0.15) is 11.3 Å². The Morgan fingerprint density at radius 3 is 2.63 bits per heavy atom. The van der Waals surface area contributed by atoms with Gasteiger partial charge in [0.05, 0.1) is 5.69 Å². The quantitative estimate of drug-likeness (QED) is 0.909. The average Bonchev–Trinajstić information content (AvgIpc) is 2.64. The molecule has 8 heteroatoms. The summed E-state index contributed by atoms with van der Waals surface area (Å²) in [5.41, 5.74) is 2.06. The normalized spacial score (nSPS) is 10.6. The standard InChI is InChI=1S/C11H16ClN7/c1-7-8(6-19(4)17-7)5-13-10-14-9(12)15-11(16-10)18(2)3/h6H,5H2,1-4H3,(H,13,14,15,16). The van der Waals surface area contributed by atoms with E-state index in [4.69, 9.17) is 11.6 Å². The van der Waals surface area contributed by atoms with E-state index in [2.05, 4.69) is 25.4 Å². The first-order valence-electron chi connectivity index (χ1n) is 5.77. The van der Waals surface area contributed by atoms with Crippen LogP contribution in [0.3, 0.4) is 0 Å². The van der Waals surface area contributed by atoms with Gasteiger partial charge in [0.2, 0.25) is 17.2 Å². The largest absolute Gasteiger partial charge is 0.350 e. The molecular formula is C11H16ClN7. The number of nitrogens with one attached hydrogen (secondary N) is 1. The van der Waals surface area contributed by atoms with Gasteiger partial charge in [-0.1, -0.05) is 0 Å². The molecule has 0 radical (unpaired) electrons. The third-order valence-corrected chi connectivity index (χ3v) is 2.72. The molecule has 19 heavy (non-hydrogen) atoms. The van der Waals surface area contributed by atoms with Crippen molar-refractivity contribution < 1.29 is 0 Å². The zero-order valence-corrected chi connectivity index (χ0v) is 12.1. The van der Waals surface area contributed by atoms with Crippen molar-refractivity contribution in [3.63, 3.8) is 0 Å². The molecule has 102 valence electrons. The first-order valence-corrected chi connectivity index (χ1v) is 6.15. The molecule has 0 spiro atoms. The Morgan fingerprint density at radius 2 is 2.05 bits per heavy atom. The molecule has 1 N–H and O–H groups in total. The van der Waals surface area contributed by atoms with Crippen molar-refractivity contribution in [2.45, 2.75) is 13.5 Å². The molecule has 0 unspecified atom stereocenters. The molecule has 0 aliphatic carbocycles. The van der Waals surface area contributed by atoms with Crippen LogP contribution < -0.4 is 10.2 Å². The maximum Gasteiger partial charge on any atom is 0.230 e. The van der Waals surface area contributed by atoms with Gasteiger partial charge in [-0.05, 0) is 18.5 Å². The Kier molecular flexibility index (Phi) is 3.84. The maximum absolute atomic E-state index is 5.87. The van der Waals surface area contributed by atoms with E-state index in [-0.39, 0.29) is 5.28 Å². The van der Waals surface area contributed by atoms with Crippen molar-refractivity contribution in [1.82, 2.24) is 24.7 Å². The van der Waals surface area contributed by atoms with Crippen LogP contribution in [-0.4, -0.2) is 38.8 Å². The summed E-state index contributed by atoms with van der Waals surface area (Å²) in [7, 11) is 5.59. The molecule has 0 saturated carbocycles. The highest BCUT2D eigenvalue weighted by Crippen LogP contribution is 2.13. The lowest BCUT2D eigenvalue weighted by Crippen LogP contribution is -2.15. The van der Waals surface area contributed by atoms with Gasteiger partial charge in [-0.2, -0.15) is 20.1 Å². The molecule has 0 atom stereocenters. The Labute approximate surface area is 116 Å². The molecule has 0 aliphatic heterocycles. The van der Waals surface area contributed by atoms with Gasteiger partial charge in [-0.3, -0.25) is 4.68 Å². The minimum atomic E-state index is 0.170. The van der Waals surface area contributed by atoms with E-state index in [1.165, 1.54) is 0 Å². The summed E-state index contributed by atoms with van der Waals surface area (Å²) >= 11 is 5.87. The summed E-state index contributed by atoms with van der Waals surface area (Å²) in [5.74, 6) is 0.970. The van der Waals surface area contributed by atoms with E-state index in [0.717, 1.165) is 11.3 Å². The van der Waals surface area contributed by atoms with E-state index in [1.807, 2.05) is 34.3 Å². The van der Waals surface area contributed by atoms with Gasteiger partial charge >= 0.3 is 0 Å². The molecule has 2 aromatic heterocycles. The molecule has 0 aromatic carbocycles. The average molecular weight is 282 g/mol. The zero-order valence-electron chi connectivity index (χ0n) is 11.3. The molecule has 7 nitrogen and oxygen atoms in total. The Balaban J connectivity index is 2.13. The monoisotopic (exact) mass is 281 g/mol. The van der Waals surface area contributed by atoms with Gasteiger partial charge in [0.15, 0.2) is 0 Å². The molecule has 0 bridgehead atoms. The molecular weight excluding hydrogens is 266 g/mol. The van der Waals surface area contributed by atoms with Gasteiger partial charge in [0.25, 0.3) is 0 Å². The highest BCUT2D eigenvalue weighted by atomic mass is 35.5. The predicted octanol–water partition coefficient (Wildman–Crippen LogP) is 1.25. The lowest BCUT2D eigenvalue weighted by molar-refractivity contribution is 0.756. The first-order chi connectivity index (χ1) is 8.95. The maximum atomic E-state index is 5.87.